The summed E-state index contributed by atoms with van der Waals surface area (Å²) >= 11 is 0. The smallest absolute Gasteiger partial charge is 0.325 e. The van der Waals surface area contributed by atoms with Crippen molar-refractivity contribution < 1.29 is 18.9 Å². The highest BCUT2D eigenvalue weighted by molar-refractivity contribution is 7.46. The predicted molar refractivity (Wildman–Crippen MR) is 50.1 cm³/mol. The van der Waals surface area contributed by atoms with E-state index in [1.165, 1.54) is 0 Å². The number of nitrogens with two attached hydrogens (primary N) is 1. The number of hydrogen-bond acceptors (Lipinski definition) is 3. The predicted octanol–water partition coefficient (Wildman–Crippen LogP) is 1.00. The molecule has 0 aliphatic carbocycles. The molecule has 0 fully saturated rings. The maximum atomic E-state index is 10.6. The summed E-state index contributed by atoms with van der Waals surface area (Å²) < 4.78 is 15.3. The average Bonchev–Trinajstić information content (AvgIpc) is 1.99. The zero-order valence-electron chi connectivity index (χ0n) is 8.23. The van der Waals surface area contributed by atoms with Gasteiger partial charge in [-0.25, -0.2) is 4.57 Å². The van der Waals surface area contributed by atoms with E-state index < -0.39 is 13.4 Å². The van der Waals surface area contributed by atoms with Crippen molar-refractivity contribution >= 4 is 7.82 Å². The fourth-order valence-corrected chi connectivity index (χ4v) is 1.91. The minimum Gasteiger partial charge on any atom is -0.325 e. The molecule has 0 aliphatic heterocycles. The number of phosphoric ester groups is 1. The van der Waals surface area contributed by atoms with Crippen LogP contribution in [0.15, 0.2) is 0 Å². The first-order valence-electron chi connectivity index (χ1n) is 4.27. The Labute approximate surface area is 78.5 Å². The monoisotopic (exact) mass is 211 g/mol. The van der Waals surface area contributed by atoms with Crippen LogP contribution in [0.1, 0.15) is 33.6 Å². The summed E-state index contributed by atoms with van der Waals surface area (Å²) in [6.07, 6.45) is 1.08. The van der Waals surface area contributed by atoms with Crippen LogP contribution in [0.4, 0.5) is 0 Å². The third-order valence-corrected chi connectivity index (χ3v) is 2.91. The molecule has 5 nitrogen and oxygen atoms in total. The average molecular weight is 211 g/mol. The summed E-state index contributed by atoms with van der Waals surface area (Å²) in [7, 11) is -4.45. The van der Waals surface area contributed by atoms with Crippen molar-refractivity contribution in [2.24, 2.45) is 5.73 Å². The summed E-state index contributed by atoms with van der Waals surface area (Å²) in [5.74, 6) is 0. The molecule has 13 heavy (non-hydrogen) atoms. The molecule has 0 aromatic carbocycles. The van der Waals surface area contributed by atoms with E-state index in [2.05, 4.69) is 4.52 Å². The fraction of sp³-hybridized carbons (Fsp3) is 1.00. The summed E-state index contributed by atoms with van der Waals surface area (Å²) in [4.78, 5) is 17.3. The molecule has 0 heterocycles. The van der Waals surface area contributed by atoms with E-state index in [9.17, 15) is 4.57 Å². The van der Waals surface area contributed by atoms with Gasteiger partial charge in [0.15, 0.2) is 0 Å². The van der Waals surface area contributed by atoms with Crippen molar-refractivity contribution in [3.63, 3.8) is 0 Å². The lowest BCUT2D eigenvalue weighted by Gasteiger charge is -2.33. The van der Waals surface area contributed by atoms with Gasteiger partial charge in [0, 0.05) is 6.04 Å². The van der Waals surface area contributed by atoms with Crippen LogP contribution in [0.3, 0.4) is 0 Å². The van der Waals surface area contributed by atoms with E-state index >= 15 is 0 Å². The van der Waals surface area contributed by atoms with Crippen molar-refractivity contribution in [1.82, 2.24) is 0 Å². The Balaban J connectivity index is 4.55. The van der Waals surface area contributed by atoms with Gasteiger partial charge in [0.05, 0.1) is 5.60 Å². The van der Waals surface area contributed by atoms with Crippen molar-refractivity contribution in [1.29, 1.82) is 0 Å². The summed E-state index contributed by atoms with van der Waals surface area (Å²) in [6, 6.07) is -0.370. The molecule has 0 spiro atoms. The first-order chi connectivity index (χ1) is 5.75. The molecule has 6 heteroatoms. The topological polar surface area (TPSA) is 92.8 Å². The van der Waals surface area contributed by atoms with Gasteiger partial charge in [0.1, 0.15) is 0 Å². The molecule has 0 saturated heterocycles. The van der Waals surface area contributed by atoms with Gasteiger partial charge in [0.25, 0.3) is 0 Å². The van der Waals surface area contributed by atoms with Crippen LogP contribution in [0.25, 0.3) is 0 Å². The van der Waals surface area contributed by atoms with Gasteiger partial charge in [-0.05, 0) is 19.8 Å². The van der Waals surface area contributed by atoms with Crippen LogP contribution in [0.5, 0.6) is 0 Å². The van der Waals surface area contributed by atoms with E-state index in [-0.39, 0.29) is 6.04 Å². The fourth-order valence-electron chi connectivity index (χ4n) is 1.10. The third kappa shape index (κ3) is 4.20. The highest BCUT2D eigenvalue weighted by Crippen LogP contribution is 2.43. The number of phosphoric acid groups is 1. The lowest BCUT2D eigenvalue weighted by atomic mass is 9.93. The number of rotatable bonds is 5. The normalized spacial score (nSPS) is 19.5. The molecule has 0 amide bonds. The third-order valence-electron chi connectivity index (χ3n) is 2.25. The van der Waals surface area contributed by atoms with Gasteiger partial charge < -0.3 is 15.5 Å². The molecular formula is C7H18NO4P. The maximum Gasteiger partial charge on any atom is 0.470 e. The van der Waals surface area contributed by atoms with E-state index in [1.54, 1.807) is 13.8 Å². The lowest BCUT2D eigenvalue weighted by molar-refractivity contribution is 0.0229. The molecule has 0 aliphatic rings. The maximum absolute atomic E-state index is 10.6. The zero-order valence-corrected chi connectivity index (χ0v) is 9.12. The molecule has 0 bridgehead atoms. The Morgan fingerprint density at radius 1 is 1.54 bits per heavy atom. The lowest BCUT2D eigenvalue weighted by Crippen LogP contribution is -2.46. The van der Waals surface area contributed by atoms with Crippen LogP contribution < -0.4 is 5.73 Å². The van der Waals surface area contributed by atoms with Gasteiger partial charge in [0.2, 0.25) is 0 Å². The molecule has 4 N–H and O–H groups in total. The molecule has 0 saturated carbocycles. The Morgan fingerprint density at radius 3 is 2.23 bits per heavy atom. The van der Waals surface area contributed by atoms with Crippen molar-refractivity contribution in [2.45, 2.75) is 45.3 Å². The van der Waals surface area contributed by atoms with Gasteiger partial charge in [-0.1, -0.05) is 13.8 Å². The molecule has 80 valence electrons. The summed E-state index contributed by atoms with van der Waals surface area (Å²) in [5.41, 5.74) is 4.75. The minimum atomic E-state index is -4.45. The number of hydrogen-bond donors (Lipinski definition) is 3. The Bertz CT molecular complexity index is 205. The van der Waals surface area contributed by atoms with Gasteiger partial charge in [-0.15, -0.1) is 0 Å². The largest absolute Gasteiger partial charge is 0.470 e. The Hall–Kier alpha value is 0.0700. The molecule has 0 aromatic rings. The highest BCUT2D eigenvalue weighted by atomic mass is 31.2. The second-order valence-corrected chi connectivity index (χ2v) is 4.43. The second-order valence-electron chi connectivity index (χ2n) is 3.26. The molecule has 2 unspecified atom stereocenters. The summed E-state index contributed by atoms with van der Waals surface area (Å²) in [6.45, 7) is 5.24. The molecule has 0 aromatic heterocycles. The first kappa shape index (κ1) is 13.1. The van der Waals surface area contributed by atoms with Crippen LogP contribution in [0.2, 0.25) is 0 Å². The van der Waals surface area contributed by atoms with Crippen LogP contribution >= 0.6 is 7.82 Å². The first-order valence-corrected chi connectivity index (χ1v) is 5.80. The van der Waals surface area contributed by atoms with E-state index in [0.717, 1.165) is 0 Å². The van der Waals surface area contributed by atoms with Crippen molar-refractivity contribution in [3.8, 4) is 0 Å². The van der Waals surface area contributed by atoms with Crippen LogP contribution in [0, 0.1) is 0 Å². The molecule has 2 atom stereocenters. The zero-order chi connectivity index (χ0) is 10.7. The molecule has 0 rings (SSSR count). The van der Waals surface area contributed by atoms with E-state index in [4.69, 9.17) is 15.5 Å². The van der Waals surface area contributed by atoms with Crippen LogP contribution in [-0.4, -0.2) is 21.4 Å². The molecular weight excluding hydrogens is 193 g/mol. The van der Waals surface area contributed by atoms with Crippen molar-refractivity contribution in [2.75, 3.05) is 0 Å². The van der Waals surface area contributed by atoms with Crippen LogP contribution in [-0.2, 0) is 9.09 Å². The quantitative estimate of drug-likeness (QED) is 0.590. The minimum absolute atomic E-state index is 0.370. The standard InChI is InChI=1S/C7H18NO4P/c1-4-6(8)7(3,5-2)12-13(9,10)11/h6H,4-5,8H2,1-3H3,(H2,9,10,11). The molecule has 0 radical (unpaired) electrons. The second kappa shape index (κ2) is 4.53. The van der Waals surface area contributed by atoms with Crippen molar-refractivity contribution in [3.05, 3.63) is 0 Å². The van der Waals surface area contributed by atoms with Gasteiger partial charge >= 0.3 is 7.82 Å². The van der Waals surface area contributed by atoms with Gasteiger partial charge in [-0.2, -0.15) is 0 Å². The SMILES string of the molecule is CCC(N)C(C)(CC)OP(=O)(O)O. The van der Waals surface area contributed by atoms with E-state index in [0.29, 0.717) is 12.8 Å². The van der Waals surface area contributed by atoms with E-state index in [1.807, 2.05) is 6.92 Å². The highest BCUT2D eigenvalue weighted by Gasteiger charge is 2.36. The van der Waals surface area contributed by atoms with Gasteiger partial charge in [-0.3, -0.25) is 4.52 Å². The summed E-state index contributed by atoms with van der Waals surface area (Å²) in [5, 5.41) is 0. The Morgan fingerprint density at radius 2 is 2.00 bits per heavy atom. The Kier molecular flexibility index (Phi) is 4.55.